The summed E-state index contributed by atoms with van der Waals surface area (Å²) in [5.74, 6) is 4.53. The molecule has 384 valence electrons. The van der Waals surface area contributed by atoms with E-state index in [2.05, 4.69) is 112 Å². The van der Waals surface area contributed by atoms with Gasteiger partial charge in [0.1, 0.15) is 29.7 Å². The van der Waals surface area contributed by atoms with E-state index in [4.69, 9.17) is 40.7 Å². The molecule has 4 bridgehead atoms. The van der Waals surface area contributed by atoms with E-state index in [1.807, 2.05) is 43.3 Å². The van der Waals surface area contributed by atoms with Gasteiger partial charge in [0.15, 0.2) is 0 Å². The predicted molar refractivity (Wildman–Crippen MR) is 280 cm³/mol. The number of ether oxygens (including phenoxy) is 3. The zero-order chi connectivity index (χ0) is 51.0. The molecular weight excluding hydrogens is 1120 g/mol. The zero-order valence-corrected chi connectivity index (χ0v) is 46.4. The largest absolute Gasteiger partial charge is 0.495 e. The molecule has 18 nitrogen and oxygen atoms in total. The van der Waals surface area contributed by atoms with Crippen LogP contribution in [-0.2, 0) is 37.1 Å². The first-order valence-corrected chi connectivity index (χ1v) is 26.8. The summed E-state index contributed by atoms with van der Waals surface area (Å²) in [7, 11) is 3.24. The van der Waals surface area contributed by atoms with Gasteiger partial charge in [0.05, 0.1) is 71.8 Å². The monoisotopic (exact) mass is 1190 g/mol. The van der Waals surface area contributed by atoms with Crippen LogP contribution in [0, 0.1) is 65.3 Å². The molecule has 0 aromatic heterocycles. The molecule has 0 unspecified atom stereocenters. The van der Waals surface area contributed by atoms with Gasteiger partial charge in [0.25, 0.3) is 0 Å². The number of fused-ring (bicyclic) bond motifs is 5. The number of hydrogen-bond donors (Lipinski definition) is 3. The minimum atomic E-state index is -0.830. The van der Waals surface area contributed by atoms with Gasteiger partial charge >= 0.3 is 5.97 Å². The van der Waals surface area contributed by atoms with Gasteiger partial charge in [-0.1, -0.05) is 76.0 Å². The number of para-hydroxylation sites is 2. The number of cyclic esters (lactones) is 1. The fraction of sp³-hybridized carbons (Fsp3) is 0.720. The highest BCUT2D eigenvalue weighted by atomic mass is 127. The number of nitrogens with one attached hydrogen (secondary N) is 1. The second kappa shape index (κ2) is 22.5. The lowest BCUT2D eigenvalue weighted by atomic mass is 9.45. The molecule has 70 heavy (non-hydrogen) atoms. The number of nitrogens with two attached hydrogens (primary N) is 1. The number of aliphatic hydroxyl groups excluding tert-OH is 1. The quantitative estimate of drug-likeness (QED) is 0.0562. The lowest BCUT2D eigenvalue weighted by Gasteiger charge is -2.62. The molecule has 3 heterocycles. The number of nitrogens with zero attached hydrogens (tertiary/aromatic N) is 8. The van der Waals surface area contributed by atoms with Gasteiger partial charge in [-0.2, -0.15) is 10.1 Å². The maximum absolute atomic E-state index is 13.8. The summed E-state index contributed by atoms with van der Waals surface area (Å²) in [5.41, 5.74) is 26.2. The van der Waals surface area contributed by atoms with Crippen LogP contribution in [0.25, 0.3) is 20.9 Å². The summed E-state index contributed by atoms with van der Waals surface area (Å²) >= 11 is 4.42. The second-order valence-electron chi connectivity index (χ2n) is 21.7. The van der Waals surface area contributed by atoms with Crippen molar-refractivity contribution in [3.05, 3.63) is 75.6 Å². The van der Waals surface area contributed by atoms with E-state index in [9.17, 15) is 14.7 Å². The summed E-state index contributed by atoms with van der Waals surface area (Å²) in [6.45, 7) is 18.4. The van der Waals surface area contributed by atoms with Crippen LogP contribution in [0.15, 0.2) is 46.6 Å². The molecule has 1 amide bonds. The molecule has 6 saturated carbocycles. The first kappa shape index (κ1) is 54.6. The van der Waals surface area contributed by atoms with Crippen LogP contribution < -0.4 is 20.5 Å². The van der Waals surface area contributed by atoms with Crippen LogP contribution in [0.2, 0.25) is 0 Å². The summed E-state index contributed by atoms with van der Waals surface area (Å²) < 4.78 is 18.4. The van der Waals surface area contributed by atoms with Crippen molar-refractivity contribution in [2.75, 3.05) is 27.3 Å². The number of azide groups is 2. The van der Waals surface area contributed by atoms with Crippen molar-refractivity contribution in [1.29, 1.82) is 0 Å². The first-order chi connectivity index (χ1) is 33.2. The number of hydrogen-bond acceptors (Lipinski definition) is 13. The summed E-state index contributed by atoms with van der Waals surface area (Å²) in [5, 5.41) is 24.6. The Kier molecular flexibility index (Phi) is 17.6. The van der Waals surface area contributed by atoms with Crippen molar-refractivity contribution < 1.29 is 38.6 Å². The third-order valence-electron chi connectivity index (χ3n) is 17.6. The standard InChI is InChI=1S/C25H36IN5O4.C15H17IN4O4.C10H19N/c1-13-17-9-16(25(17,3)4)10-19(13)29-24(33)22-21(14(2)32)20(11-28-30-27)35-31(22)12-15-7-6-8-18(26)23(15)34-5;1-8-12-11(6-18-19-17)24-20(13(12)15(21)23-8)7-9-4-3-5-10(16)14(9)22-2;1-6-8-4-7(5-9(6)11)10(8,2)3/h6-8,13-14,16-17,19-22,32H,9-12H2,1-5H3,(H,29,33);3-5,8,11-13H,6-7H2,1-2H3;6-9H,4-5,11H2,1-3H3/t13-,14-,16+,17-,19-,20-,21+,22-;8-,11-,12+,13-;6-,7+,8-,9-/m000/s1. The van der Waals surface area contributed by atoms with Crippen LogP contribution in [0.3, 0.4) is 0 Å². The van der Waals surface area contributed by atoms with Gasteiger partial charge in [-0.3, -0.25) is 19.3 Å². The number of methoxy groups -OCH3 is 2. The third kappa shape index (κ3) is 10.7. The molecule has 20 heteroatoms. The van der Waals surface area contributed by atoms with E-state index in [1.54, 1.807) is 31.3 Å². The van der Waals surface area contributed by atoms with Crippen molar-refractivity contribution in [2.24, 2.45) is 74.1 Å². The topological polar surface area (TPSA) is 243 Å². The molecule has 0 radical (unpaired) electrons. The van der Waals surface area contributed by atoms with Gasteiger partial charge in [0, 0.05) is 39.0 Å². The Morgan fingerprint density at radius 3 is 1.86 bits per heavy atom. The highest BCUT2D eigenvalue weighted by Crippen LogP contribution is 2.62. The normalized spacial score (nSPS) is 35.6. The van der Waals surface area contributed by atoms with Crippen molar-refractivity contribution in [2.45, 2.75) is 143 Å². The van der Waals surface area contributed by atoms with Gasteiger partial charge in [-0.25, -0.2) is 0 Å². The molecule has 9 aliphatic rings. The molecule has 2 aromatic carbocycles. The van der Waals surface area contributed by atoms with Crippen molar-refractivity contribution in [3.8, 4) is 11.5 Å². The molecule has 9 fully saturated rings. The lowest BCUT2D eigenvalue weighted by molar-refractivity contribution is -0.188. The van der Waals surface area contributed by atoms with Crippen LogP contribution in [0.5, 0.6) is 11.5 Å². The lowest BCUT2D eigenvalue weighted by Crippen LogP contribution is -2.62. The number of aliphatic hydroxyl groups is 1. The van der Waals surface area contributed by atoms with E-state index >= 15 is 0 Å². The van der Waals surface area contributed by atoms with E-state index in [-0.39, 0.29) is 49.1 Å². The summed E-state index contributed by atoms with van der Waals surface area (Å²) in [4.78, 5) is 43.8. The molecule has 16 atom stereocenters. The second-order valence-corrected chi connectivity index (χ2v) is 24.1. The number of esters is 1. The number of hydroxylamine groups is 4. The predicted octanol–water partition coefficient (Wildman–Crippen LogP) is 8.95. The van der Waals surface area contributed by atoms with Crippen LogP contribution >= 0.6 is 45.2 Å². The first-order valence-electron chi connectivity index (χ1n) is 24.7. The fourth-order valence-electron chi connectivity index (χ4n) is 13.2. The Morgan fingerprint density at radius 1 is 0.857 bits per heavy atom. The molecular formula is C50H72I2N10O8. The van der Waals surface area contributed by atoms with E-state index in [0.717, 1.165) is 53.9 Å². The minimum Gasteiger partial charge on any atom is -0.495 e. The van der Waals surface area contributed by atoms with Crippen LogP contribution in [0.4, 0.5) is 0 Å². The van der Waals surface area contributed by atoms with E-state index in [0.29, 0.717) is 47.7 Å². The minimum absolute atomic E-state index is 0.0357. The Morgan fingerprint density at radius 2 is 1.37 bits per heavy atom. The van der Waals surface area contributed by atoms with Gasteiger partial charge in [0.2, 0.25) is 5.91 Å². The number of carbonyl (C=O) groups excluding carboxylic acids is 2. The molecule has 11 rings (SSSR count). The van der Waals surface area contributed by atoms with E-state index < -0.39 is 30.2 Å². The molecule has 0 spiro atoms. The number of carbonyl (C=O) groups is 2. The molecule has 3 aliphatic heterocycles. The van der Waals surface area contributed by atoms with Crippen LogP contribution in [-0.4, -0.2) is 103 Å². The van der Waals surface area contributed by atoms with Gasteiger partial charge in [-0.05, 0) is 154 Å². The third-order valence-corrected chi connectivity index (χ3v) is 19.3. The number of halogens is 2. The molecule has 2 aromatic rings. The van der Waals surface area contributed by atoms with Crippen molar-refractivity contribution >= 4 is 57.1 Å². The summed E-state index contributed by atoms with van der Waals surface area (Å²) in [6.07, 6.45) is 2.83. The maximum Gasteiger partial charge on any atom is 0.326 e. The Bertz CT molecular complexity index is 2310. The van der Waals surface area contributed by atoms with Crippen LogP contribution in [0.1, 0.15) is 92.2 Å². The highest BCUT2D eigenvalue weighted by molar-refractivity contribution is 14.1. The number of rotatable bonds is 13. The average Bonchev–Trinajstić information content (AvgIpc) is 3.97. The highest BCUT2D eigenvalue weighted by Gasteiger charge is 2.59. The Labute approximate surface area is 439 Å². The zero-order valence-electron chi connectivity index (χ0n) is 42.1. The Balaban J connectivity index is 0.000000176. The molecule has 6 aliphatic carbocycles. The number of benzene rings is 2. The van der Waals surface area contributed by atoms with Gasteiger partial charge < -0.3 is 30.4 Å². The average molecular weight is 1190 g/mol. The van der Waals surface area contributed by atoms with E-state index in [1.165, 1.54) is 19.3 Å². The molecule has 3 saturated heterocycles. The SMILES string of the molecule is COc1c(I)cccc1CN1O[C@@H](CN=[N+]=[N-])[C@@H]([C@H](C)O)[C@H]1C(=O)N[C@H]1C[C@H]2C[C@@H]([C@@H]1C)C2(C)C.COc1c(I)cccc1CN1O[C@@H](CN=[N+]=[N-])[C@H]2[C@H](C)OC(=O)[C@H]21.C[C@@H]1[C@@H](N)C[C@H]2C[C@@H]1C2(C)C. The number of amides is 1. The maximum atomic E-state index is 13.8. The van der Waals surface area contributed by atoms with Crippen molar-refractivity contribution in [3.63, 3.8) is 0 Å². The Hall–Kier alpha value is -3.18. The fourth-order valence-corrected chi connectivity index (χ4v) is 14.8. The van der Waals surface area contributed by atoms with Gasteiger partial charge in [-0.15, -0.1) is 0 Å². The van der Waals surface area contributed by atoms with Crippen molar-refractivity contribution in [1.82, 2.24) is 15.4 Å². The summed E-state index contributed by atoms with van der Waals surface area (Å²) in [6, 6.07) is 11.0. The smallest absolute Gasteiger partial charge is 0.326 e. The molecule has 4 N–H and O–H groups in total.